The third-order valence-electron chi connectivity index (χ3n) is 5.77. The maximum absolute atomic E-state index is 12.3. The van der Waals surface area contributed by atoms with Crippen molar-refractivity contribution < 1.29 is 18.8 Å². The van der Waals surface area contributed by atoms with Crippen LogP contribution >= 0.6 is 0 Å². The second kappa shape index (κ2) is 6.82. The van der Waals surface area contributed by atoms with Gasteiger partial charge in [0, 0.05) is 19.0 Å². The van der Waals surface area contributed by atoms with E-state index in [4.69, 9.17) is 14.0 Å². The van der Waals surface area contributed by atoms with Crippen molar-refractivity contribution in [2.45, 2.75) is 77.6 Å². The molecule has 3 rings (SSSR count). The van der Waals surface area contributed by atoms with Crippen LogP contribution in [0.15, 0.2) is 24.3 Å². The monoisotopic (exact) mass is 373 g/mol. The molecule has 1 aromatic rings. The highest BCUT2D eigenvalue weighted by atomic mass is 16.7. The molecule has 0 radical (unpaired) electrons. The van der Waals surface area contributed by atoms with Crippen LogP contribution in [-0.4, -0.2) is 48.0 Å². The molecule has 1 atom stereocenters. The van der Waals surface area contributed by atoms with Crippen LogP contribution in [0.4, 0.5) is 4.79 Å². The fraction of sp³-hybridized carbons (Fsp3) is 0.667. The molecular weight excluding hydrogens is 341 g/mol. The molecule has 2 saturated heterocycles. The van der Waals surface area contributed by atoms with E-state index in [9.17, 15) is 4.79 Å². The molecule has 148 valence electrons. The van der Waals surface area contributed by atoms with Crippen molar-refractivity contribution >= 4 is 18.7 Å². The Morgan fingerprint density at radius 1 is 1.11 bits per heavy atom. The van der Waals surface area contributed by atoms with E-state index in [1.807, 2.05) is 20.8 Å². The maximum atomic E-state index is 12.3. The van der Waals surface area contributed by atoms with Crippen molar-refractivity contribution in [3.8, 4) is 0 Å². The number of rotatable bonds is 2. The van der Waals surface area contributed by atoms with Gasteiger partial charge in [0.05, 0.1) is 11.2 Å². The highest BCUT2D eigenvalue weighted by Crippen LogP contribution is 2.36. The first kappa shape index (κ1) is 20.2. The number of nitrogens with zero attached hydrogens (tertiary/aromatic N) is 1. The normalized spacial score (nSPS) is 24.3. The predicted molar refractivity (Wildman–Crippen MR) is 107 cm³/mol. The number of carbonyl (C=O) groups excluding carboxylic acids is 1. The highest BCUT2D eigenvalue weighted by molar-refractivity contribution is 6.62. The first-order valence-corrected chi connectivity index (χ1v) is 9.81. The zero-order valence-electron chi connectivity index (χ0n) is 17.7. The van der Waals surface area contributed by atoms with Gasteiger partial charge in [-0.05, 0) is 65.9 Å². The largest absolute Gasteiger partial charge is 0.494 e. The van der Waals surface area contributed by atoms with Gasteiger partial charge in [-0.25, -0.2) is 4.79 Å². The number of hydrogen-bond donors (Lipinski definition) is 0. The lowest BCUT2D eigenvalue weighted by atomic mass is 9.78. The van der Waals surface area contributed by atoms with E-state index >= 15 is 0 Å². The Morgan fingerprint density at radius 2 is 1.67 bits per heavy atom. The Morgan fingerprint density at radius 3 is 2.19 bits per heavy atom. The highest BCUT2D eigenvalue weighted by Gasteiger charge is 2.51. The molecule has 5 nitrogen and oxygen atoms in total. The van der Waals surface area contributed by atoms with Crippen LogP contribution in [0.25, 0.3) is 0 Å². The third-order valence-corrected chi connectivity index (χ3v) is 5.77. The molecule has 0 aliphatic carbocycles. The summed E-state index contributed by atoms with van der Waals surface area (Å²) in [4.78, 5) is 14.1. The van der Waals surface area contributed by atoms with Gasteiger partial charge in [0.2, 0.25) is 0 Å². The Bertz CT molecular complexity index is 677. The quantitative estimate of drug-likeness (QED) is 0.742. The minimum Gasteiger partial charge on any atom is -0.444 e. The minimum atomic E-state index is -0.459. The molecule has 1 amide bonds. The van der Waals surface area contributed by atoms with Gasteiger partial charge in [-0.15, -0.1) is 0 Å². The van der Waals surface area contributed by atoms with E-state index in [0.717, 1.165) is 18.4 Å². The topological polar surface area (TPSA) is 48.0 Å². The Hall–Kier alpha value is -1.53. The van der Waals surface area contributed by atoms with E-state index in [0.29, 0.717) is 12.5 Å². The van der Waals surface area contributed by atoms with Gasteiger partial charge in [0.25, 0.3) is 0 Å². The fourth-order valence-electron chi connectivity index (χ4n) is 3.43. The van der Waals surface area contributed by atoms with Crippen LogP contribution in [0.1, 0.15) is 66.4 Å². The van der Waals surface area contributed by atoms with E-state index in [-0.39, 0.29) is 24.4 Å². The van der Waals surface area contributed by atoms with Gasteiger partial charge in [-0.1, -0.05) is 24.3 Å². The molecule has 6 heteroatoms. The lowest BCUT2D eigenvalue weighted by Crippen LogP contribution is -2.41. The minimum absolute atomic E-state index is 0.223. The summed E-state index contributed by atoms with van der Waals surface area (Å²) in [7, 11) is -0.342. The van der Waals surface area contributed by atoms with Gasteiger partial charge in [-0.3, -0.25) is 0 Å². The van der Waals surface area contributed by atoms with Crippen LogP contribution in [0.5, 0.6) is 0 Å². The summed E-state index contributed by atoms with van der Waals surface area (Å²) < 4.78 is 17.7. The zero-order valence-corrected chi connectivity index (χ0v) is 17.7. The van der Waals surface area contributed by atoms with E-state index in [2.05, 4.69) is 52.0 Å². The summed E-state index contributed by atoms with van der Waals surface area (Å²) in [5.41, 5.74) is 1.13. The molecule has 2 aliphatic heterocycles. The van der Waals surface area contributed by atoms with Gasteiger partial charge < -0.3 is 18.9 Å². The molecule has 0 bridgehead atoms. The van der Waals surface area contributed by atoms with Crippen LogP contribution in [0, 0.1) is 0 Å². The average Bonchev–Trinajstić information content (AvgIpc) is 3.09. The van der Waals surface area contributed by atoms with Crippen LogP contribution < -0.4 is 5.46 Å². The van der Waals surface area contributed by atoms with Crippen molar-refractivity contribution in [1.29, 1.82) is 0 Å². The lowest BCUT2D eigenvalue weighted by molar-refractivity contribution is 0.00578. The van der Waals surface area contributed by atoms with Gasteiger partial charge in [0.1, 0.15) is 5.60 Å². The first-order valence-electron chi connectivity index (χ1n) is 9.81. The van der Waals surface area contributed by atoms with Gasteiger partial charge >= 0.3 is 13.2 Å². The first-order chi connectivity index (χ1) is 12.4. The Kier molecular flexibility index (Phi) is 5.11. The molecule has 0 saturated carbocycles. The molecule has 2 fully saturated rings. The molecule has 0 aromatic heterocycles. The molecule has 2 aliphatic rings. The molecule has 1 aromatic carbocycles. The van der Waals surface area contributed by atoms with Crippen molar-refractivity contribution in [2.24, 2.45) is 0 Å². The van der Waals surface area contributed by atoms with E-state index < -0.39 is 5.60 Å². The number of hydrogen-bond acceptors (Lipinski definition) is 4. The van der Waals surface area contributed by atoms with E-state index in [1.165, 1.54) is 5.56 Å². The summed E-state index contributed by atoms with van der Waals surface area (Å²) in [6.07, 6.45) is 0.730. The molecule has 0 spiro atoms. The molecular formula is C21H32BNO4. The summed E-state index contributed by atoms with van der Waals surface area (Å²) >= 11 is 0. The number of amides is 1. The third kappa shape index (κ3) is 4.32. The molecule has 27 heavy (non-hydrogen) atoms. The Balaban J connectivity index is 1.63. The van der Waals surface area contributed by atoms with Crippen molar-refractivity contribution in [3.63, 3.8) is 0 Å². The summed E-state index contributed by atoms with van der Waals surface area (Å²) in [6.45, 7) is 15.4. The lowest BCUT2D eigenvalue weighted by Gasteiger charge is -2.32. The second-order valence-electron chi connectivity index (χ2n) is 9.67. The van der Waals surface area contributed by atoms with Crippen molar-refractivity contribution in [2.75, 3.05) is 13.1 Å². The number of ether oxygens (including phenoxy) is 1. The summed E-state index contributed by atoms with van der Waals surface area (Å²) in [5.74, 6) is 0.338. The molecule has 1 unspecified atom stereocenters. The van der Waals surface area contributed by atoms with E-state index in [1.54, 1.807) is 4.90 Å². The van der Waals surface area contributed by atoms with Crippen LogP contribution in [0.3, 0.4) is 0 Å². The summed E-state index contributed by atoms with van der Waals surface area (Å²) in [5, 5.41) is 0. The van der Waals surface area contributed by atoms with Gasteiger partial charge in [-0.2, -0.15) is 0 Å². The van der Waals surface area contributed by atoms with Gasteiger partial charge in [0.15, 0.2) is 0 Å². The average molecular weight is 373 g/mol. The maximum Gasteiger partial charge on any atom is 0.494 e. The molecule has 0 N–H and O–H groups in total. The van der Waals surface area contributed by atoms with Crippen molar-refractivity contribution in [3.05, 3.63) is 29.8 Å². The SMILES string of the molecule is CC(C)(C)OC(=O)N1CCC(c2ccc(B3OC(C)(C)C(C)(C)O3)cc2)C1. The zero-order chi connectivity index (χ0) is 20.0. The number of carbonyl (C=O) groups is 1. The Labute approximate surface area is 163 Å². The second-order valence-corrected chi connectivity index (χ2v) is 9.67. The number of benzene rings is 1. The summed E-state index contributed by atoms with van der Waals surface area (Å²) in [6, 6.07) is 8.41. The fourth-order valence-corrected chi connectivity index (χ4v) is 3.43. The van der Waals surface area contributed by atoms with Crippen molar-refractivity contribution in [1.82, 2.24) is 4.90 Å². The standard InChI is InChI=1S/C21H32BNO4/c1-19(2,3)25-18(24)23-13-12-16(14-23)15-8-10-17(11-9-15)22-26-20(4,5)21(6,7)27-22/h8-11,16H,12-14H2,1-7H3. The smallest absolute Gasteiger partial charge is 0.444 e. The predicted octanol–water partition coefficient (Wildman–Crippen LogP) is 3.71. The van der Waals surface area contributed by atoms with Crippen LogP contribution in [0.2, 0.25) is 0 Å². The molecule has 2 heterocycles. The number of likely N-dealkylation sites (tertiary alicyclic amines) is 1. The van der Waals surface area contributed by atoms with Crippen LogP contribution in [-0.2, 0) is 14.0 Å².